The number of amides is 1. The van der Waals surface area contributed by atoms with Crippen LogP contribution < -0.4 is 5.32 Å². The lowest BCUT2D eigenvalue weighted by Gasteiger charge is -2.08. The highest BCUT2D eigenvalue weighted by atomic mass is 79.9. The van der Waals surface area contributed by atoms with Gasteiger partial charge in [-0.05, 0) is 47.8 Å². The molecule has 4 aromatic rings. The molecule has 1 aliphatic rings. The number of rotatable bonds is 6. The third kappa shape index (κ3) is 3.85. The molecule has 3 aromatic heterocycles. The predicted molar refractivity (Wildman–Crippen MR) is 119 cm³/mol. The number of nitrogens with zero attached hydrogens (tertiary/aromatic N) is 5. The number of aryl methyl sites for hydroxylation is 1. The molecule has 1 N–H and O–H groups in total. The molecule has 31 heavy (non-hydrogen) atoms. The number of anilines is 1. The van der Waals surface area contributed by atoms with Crippen LogP contribution in [0.1, 0.15) is 47.3 Å². The van der Waals surface area contributed by atoms with Crippen LogP contribution in [0.2, 0.25) is 0 Å². The minimum absolute atomic E-state index is 0.260. The molecule has 3 heterocycles. The van der Waals surface area contributed by atoms with Gasteiger partial charge in [-0.1, -0.05) is 18.2 Å². The van der Waals surface area contributed by atoms with Crippen molar-refractivity contribution in [2.24, 2.45) is 0 Å². The average Bonchev–Trinajstić information content (AvgIpc) is 3.44. The van der Waals surface area contributed by atoms with E-state index in [1.165, 1.54) is 6.07 Å². The van der Waals surface area contributed by atoms with Gasteiger partial charge in [-0.25, -0.2) is 14.1 Å². The standard InChI is InChI=1S/C22H20BrFN6O/c1-2-30-21-16(10-25-30)15(9-19(26-21)13-7-8-13)22(31)27-20-17(23)12-29(28-20)11-14-5-3-4-6-18(14)24/h3-6,9-10,12-13H,2,7-8,11H2,1H3,(H,27,28,31). The monoisotopic (exact) mass is 482 g/mol. The lowest BCUT2D eigenvalue weighted by Crippen LogP contribution is -2.15. The van der Waals surface area contributed by atoms with Gasteiger partial charge < -0.3 is 5.32 Å². The fourth-order valence-corrected chi connectivity index (χ4v) is 4.03. The van der Waals surface area contributed by atoms with Crippen LogP contribution in [0.25, 0.3) is 11.0 Å². The lowest BCUT2D eigenvalue weighted by molar-refractivity contribution is 0.102. The van der Waals surface area contributed by atoms with Gasteiger partial charge >= 0.3 is 0 Å². The van der Waals surface area contributed by atoms with Crippen molar-refractivity contribution in [1.29, 1.82) is 0 Å². The summed E-state index contributed by atoms with van der Waals surface area (Å²) in [5.74, 6) is 0.214. The van der Waals surface area contributed by atoms with Gasteiger partial charge in [0.1, 0.15) is 5.82 Å². The van der Waals surface area contributed by atoms with Gasteiger partial charge in [-0.15, -0.1) is 0 Å². The Hall–Kier alpha value is -3.07. The number of fused-ring (bicyclic) bond motifs is 1. The number of carbonyl (C=O) groups excluding carboxylic acids is 1. The number of halogens is 2. The molecular weight excluding hydrogens is 463 g/mol. The van der Waals surface area contributed by atoms with Crippen LogP contribution in [-0.4, -0.2) is 30.5 Å². The normalized spacial score (nSPS) is 13.6. The van der Waals surface area contributed by atoms with Gasteiger partial charge in [0.25, 0.3) is 5.91 Å². The zero-order valence-electron chi connectivity index (χ0n) is 16.8. The van der Waals surface area contributed by atoms with Gasteiger partial charge in [0.05, 0.1) is 28.2 Å². The second kappa shape index (κ2) is 7.88. The van der Waals surface area contributed by atoms with Crippen LogP contribution in [-0.2, 0) is 13.1 Å². The Morgan fingerprint density at radius 2 is 2.13 bits per heavy atom. The summed E-state index contributed by atoms with van der Waals surface area (Å²) in [5.41, 5.74) is 2.70. The molecular formula is C22H20BrFN6O. The van der Waals surface area contributed by atoms with Crippen molar-refractivity contribution in [2.75, 3.05) is 5.32 Å². The van der Waals surface area contributed by atoms with Crippen molar-refractivity contribution in [3.8, 4) is 0 Å². The number of pyridine rings is 1. The third-order valence-corrected chi connectivity index (χ3v) is 5.99. The van der Waals surface area contributed by atoms with Gasteiger partial charge in [-0.2, -0.15) is 10.2 Å². The number of nitrogens with one attached hydrogen (secondary N) is 1. The van der Waals surface area contributed by atoms with E-state index in [1.54, 1.807) is 40.0 Å². The van der Waals surface area contributed by atoms with Crippen molar-refractivity contribution < 1.29 is 9.18 Å². The van der Waals surface area contributed by atoms with Gasteiger partial charge in [0.15, 0.2) is 11.5 Å². The molecule has 0 saturated heterocycles. The highest BCUT2D eigenvalue weighted by molar-refractivity contribution is 9.10. The Labute approximate surface area is 186 Å². The highest BCUT2D eigenvalue weighted by Crippen LogP contribution is 2.40. The summed E-state index contributed by atoms with van der Waals surface area (Å²) in [5, 5.41) is 12.4. The molecule has 0 radical (unpaired) electrons. The Balaban J connectivity index is 1.44. The van der Waals surface area contributed by atoms with E-state index >= 15 is 0 Å². The first-order chi connectivity index (χ1) is 15.0. The maximum absolute atomic E-state index is 14.0. The maximum atomic E-state index is 14.0. The van der Waals surface area contributed by atoms with Gasteiger partial charge in [0.2, 0.25) is 0 Å². The quantitative estimate of drug-likeness (QED) is 0.430. The average molecular weight is 483 g/mol. The number of hydrogen-bond donors (Lipinski definition) is 1. The number of benzene rings is 1. The molecule has 7 nitrogen and oxygen atoms in total. The van der Waals surface area contributed by atoms with Crippen molar-refractivity contribution in [3.05, 3.63) is 69.8 Å². The summed E-state index contributed by atoms with van der Waals surface area (Å²) in [6.07, 6.45) is 5.58. The third-order valence-electron chi connectivity index (χ3n) is 5.41. The molecule has 1 aliphatic carbocycles. The summed E-state index contributed by atoms with van der Waals surface area (Å²) in [4.78, 5) is 17.9. The fraction of sp³-hybridized carbons (Fsp3) is 0.273. The summed E-state index contributed by atoms with van der Waals surface area (Å²) < 4.78 is 18.0. The van der Waals surface area contributed by atoms with E-state index in [2.05, 4.69) is 31.4 Å². The van der Waals surface area contributed by atoms with Crippen LogP contribution in [0.5, 0.6) is 0 Å². The van der Waals surface area contributed by atoms with E-state index in [0.717, 1.165) is 24.2 Å². The predicted octanol–water partition coefficient (Wildman–Crippen LogP) is 4.73. The molecule has 1 fully saturated rings. The lowest BCUT2D eigenvalue weighted by atomic mass is 10.1. The maximum Gasteiger partial charge on any atom is 0.257 e. The first-order valence-corrected chi connectivity index (χ1v) is 11.0. The smallest absolute Gasteiger partial charge is 0.257 e. The molecule has 0 aliphatic heterocycles. The first-order valence-electron chi connectivity index (χ1n) is 10.2. The molecule has 0 unspecified atom stereocenters. The van der Waals surface area contributed by atoms with Crippen LogP contribution >= 0.6 is 15.9 Å². The molecule has 5 rings (SSSR count). The number of hydrogen-bond acceptors (Lipinski definition) is 4. The Morgan fingerprint density at radius 1 is 1.32 bits per heavy atom. The molecule has 1 saturated carbocycles. The molecule has 1 aromatic carbocycles. The van der Waals surface area contributed by atoms with Gasteiger partial charge in [-0.3, -0.25) is 9.48 Å². The zero-order valence-corrected chi connectivity index (χ0v) is 18.4. The largest absolute Gasteiger partial charge is 0.304 e. The summed E-state index contributed by atoms with van der Waals surface area (Å²) in [6.45, 7) is 2.93. The highest BCUT2D eigenvalue weighted by Gasteiger charge is 2.28. The van der Waals surface area contributed by atoms with Crippen molar-refractivity contribution in [2.45, 2.75) is 38.8 Å². The second-order valence-electron chi connectivity index (χ2n) is 7.64. The van der Waals surface area contributed by atoms with Crippen LogP contribution in [0.3, 0.4) is 0 Å². The van der Waals surface area contributed by atoms with E-state index in [4.69, 9.17) is 4.98 Å². The van der Waals surface area contributed by atoms with Crippen molar-refractivity contribution in [1.82, 2.24) is 24.5 Å². The SMILES string of the molecule is CCn1ncc2c(C(=O)Nc3nn(Cc4ccccc4F)cc3Br)cc(C3CC3)nc21. The first kappa shape index (κ1) is 19.9. The summed E-state index contributed by atoms with van der Waals surface area (Å²) >= 11 is 3.44. The minimum Gasteiger partial charge on any atom is -0.304 e. The Kier molecular flexibility index (Phi) is 5.05. The molecule has 0 spiro atoms. The van der Waals surface area contributed by atoms with E-state index in [1.807, 2.05) is 13.0 Å². The molecule has 158 valence electrons. The molecule has 0 bridgehead atoms. The summed E-state index contributed by atoms with van der Waals surface area (Å²) in [6, 6.07) is 8.42. The van der Waals surface area contributed by atoms with Gasteiger partial charge in [0, 0.05) is 29.9 Å². The fourth-order valence-electron chi connectivity index (χ4n) is 3.61. The topological polar surface area (TPSA) is 77.6 Å². The van der Waals surface area contributed by atoms with E-state index in [0.29, 0.717) is 39.3 Å². The van der Waals surface area contributed by atoms with E-state index in [-0.39, 0.29) is 18.3 Å². The Morgan fingerprint density at radius 3 is 2.87 bits per heavy atom. The van der Waals surface area contributed by atoms with Crippen molar-refractivity contribution >= 4 is 38.7 Å². The number of carbonyl (C=O) groups is 1. The minimum atomic E-state index is -0.292. The van der Waals surface area contributed by atoms with Crippen LogP contribution in [0.15, 0.2) is 47.2 Å². The second-order valence-corrected chi connectivity index (χ2v) is 8.49. The van der Waals surface area contributed by atoms with Crippen LogP contribution in [0, 0.1) is 5.82 Å². The summed E-state index contributed by atoms with van der Waals surface area (Å²) in [7, 11) is 0. The van der Waals surface area contributed by atoms with Crippen molar-refractivity contribution in [3.63, 3.8) is 0 Å². The molecule has 0 atom stereocenters. The Bertz CT molecular complexity index is 1290. The van der Waals surface area contributed by atoms with E-state index in [9.17, 15) is 9.18 Å². The van der Waals surface area contributed by atoms with Crippen LogP contribution in [0.4, 0.5) is 10.2 Å². The number of aromatic nitrogens is 5. The molecule has 1 amide bonds. The van der Waals surface area contributed by atoms with E-state index < -0.39 is 0 Å². The molecule has 9 heteroatoms. The zero-order chi connectivity index (χ0) is 21.5.